The van der Waals surface area contributed by atoms with Gasteiger partial charge in [-0.25, -0.2) is 9.29 Å². The van der Waals surface area contributed by atoms with E-state index in [2.05, 4.69) is 0 Å². The second-order valence-corrected chi connectivity index (χ2v) is 7.54. The van der Waals surface area contributed by atoms with Gasteiger partial charge in [-0.2, -0.15) is 0 Å². The van der Waals surface area contributed by atoms with Gasteiger partial charge in [0.15, 0.2) is 0 Å². The minimum atomic E-state index is -0.443. The Bertz CT molecular complexity index is 1010. The largest absolute Gasteiger partial charge is 0.497 e. The lowest BCUT2D eigenvalue weighted by Gasteiger charge is -2.37. The van der Waals surface area contributed by atoms with E-state index >= 15 is 0 Å². The molecule has 2 unspecified atom stereocenters. The second kappa shape index (κ2) is 7.91. The van der Waals surface area contributed by atoms with Gasteiger partial charge in [0.25, 0.3) is 11.8 Å². The van der Waals surface area contributed by atoms with Crippen LogP contribution in [0.25, 0.3) is 5.57 Å². The van der Waals surface area contributed by atoms with Gasteiger partial charge in [0.1, 0.15) is 17.3 Å². The van der Waals surface area contributed by atoms with E-state index in [-0.39, 0.29) is 17.8 Å². The lowest BCUT2D eigenvalue weighted by Crippen LogP contribution is -2.47. The van der Waals surface area contributed by atoms with E-state index in [1.54, 1.807) is 24.3 Å². The smallest absolute Gasteiger partial charge is 0.282 e. The summed E-state index contributed by atoms with van der Waals surface area (Å²) in [5.41, 5.74) is 1.51. The highest BCUT2D eigenvalue weighted by Gasteiger charge is 2.44. The van der Waals surface area contributed by atoms with Crippen molar-refractivity contribution in [2.24, 2.45) is 0 Å². The van der Waals surface area contributed by atoms with Crippen LogP contribution in [0.1, 0.15) is 19.4 Å². The topological polar surface area (TPSA) is 59.1 Å². The number of anilines is 1. The van der Waals surface area contributed by atoms with Crippen molar-refractivity contribution in [3.8, 4) is 5.75 Å². The zero-order valence-electron chi connectivity index (χ0n) is 17.1. The third-order valence-corrected chi connectivity index (χ3v) is 5.24. The first-order valence-electron chi connectivity index (χ1n) is 9.82. The fourth-order valence-electron chi connectivity index (χ4n) is 4.03. The maximum Gasteiger partial charge on any atom is 0.282 e. The summed E-state index contributed by atoms with van der Waals surface area (Å²) in [4.78, 5) is 30.1. The van der Waals surface area contributed by atoms with Crippen molar-refractivity contribution in [1.29, 1.82) is 0 Å². The molecule has 0 aromatic heterocycles. The summed E-state index contributed by atoms with van der Waals surface area (Å²) in [6.45, 7) is 4.83. The Balaban J connectivity index is 1.83. The van der Waals surface area contributed by atoms with Gasteiger partial charge in [-0.1, -0.05) is 18.2 Å². The molecule has 2 atom stereocenters. The molecule has 2 amide bonds. The number of ether oxygens (including phenoxy) is 2. The number of amides is 2. The molecule has 0 radical (unpaired) electrons. The Morgan fingerprint density at radius 3 is 2.30 bits per heavy atom. The Labute approximate surface area is 174 Å². The summed E-state index contributed by atoms with van der Waals surface area (Å²) in [5, 5.41) is 0. The van der Waals surface area contributed by atoms with Crippen LogP contribution in [0.3, 0.4) is 0 Å². The molecule has 0 bridgehead atoms. The van der Waals surface area contributed by atoms with Crippen LogP contribution in [0.15, 0.2) is 54.2 Å². The van der Waals surface area contributed by atoms with Crippen molar-refractivity contribution < 1.29 is 23.5 Å². The van der Waals surface area contributed by atoms with Crippen LogP contribution in [0.4, 0.5) is 10.1 Å². The number of halogens is 1. The van der Waals surface area contributed by atoms with Gasteiger partial charge >= 0.3 is 0 Å². The average Bonchev–Trinajstić information content (AvgIpc) is 2.98. The van der Waals surface area contributed by atoms with E-state index in [9.17, 15) is 14.0 Å². The molecular weight excluding hydrogens is 387 g/mol. The number of imide groups is 1. The number of methoxy groups -OCH3 is 1. The molecule has 7 heteroatoms. The number of carbonyl (C=O) groups is 2. The predicted octanol–water partition coefficient (Wildman–Crippen LogP) is 3.23. The molecule has 2 aliphatic heterocycles. The van der Waals surface area contributed by atoms with Crippen LogP contribution in [-0.4, -0.2) is 49.1 Å². The van der Waals surface area contributed by atoms with Crippen molar-refractivity contribution in [1.82, 2.24) is 4.90 Å². The monoisotopic (exact) mass is 410 g/mol. The van der Waals surface area contributed by atoms with Gasteiger partial charge < -0.3 is 14.4 Å². The highest BCUT2D eigenvalue weighted by atomic mass is 19.1. The van der Waals surface area contributed by atoms with Crippen molar-refractivity contribution in [3.05, 3.63) is 65.6 Å². The maximum absolute atomic E-state index is 13.5. The first kappa shape index (κ1) is 20.1. The molecule has 4 rings (SSSR count). The summed E-state index contributed by atoms with van der Waals surface area (Å²) in [6, 6.07) is 12.4. The number of rotatable bonds is 4. The standard InChI is InChI=1S/C23H23FN2O4/c1-14-12-25(13-15(2)30-14)21-20(16-7-9-17(24)10-8-16)22(27)26(23(21)28)18-5-4-6-19(11-18)29-3/h4-11,14-15H,12-13H2,1-3H3. The number of morpholine rings is 1. The van der Waals surface area contributed by atoms with E-state index in [1.807, 2.05) is 18.7 Å². The fourth-order valence-corrected chi connectivity index (χ4v) is 4.03. The molecule has 1 saturated heterocycles. The summed E-state index contributed by atoms with van der Waals surface area (Å²) in [7, 11) is 1.52. The SMILES string of the molecule is COc1cccc(N2C(=O)C(c3ccc(F)cc3)=C(N3CC(C)OC(C)C3)C2=O)c1. The normalized spacial score (nSPS) is 22.1. The number of carbonyl (C=O) groups excluding carboxylic acids is 2. The minimum Gasteiger partial charge on any atom is -0.497 e. The second-order valence-electron chi connectivity index (χ2n) is 7.54. The molecule has 0 saturated carbocycles. The van der Waals surface area contributed by atoms with E-state index < -0.39 is 17.6 Å². The summed E-state index contributed by atoms with van der Waals surface area (Å²) in [6.07, 6.45) is -0.186. The van der Waals surface area contributed by atoms with E-state index in [0.29, 0.717) is 35.8 Å². The third-order valence-electron chi connectivity index (χ3n) is 5.24. The van der Waals surface area contributed by atoms with Gasteiger partial charge in [-0.3, -0.25) is 9.59 Å². The molecular formula is C23H23FN2O4. The van der Waals surface area contributed by atoms with Gasteiger partial charge in [0.2, 0.25) is 0 Å². The Hall–Kier alpha value is -3.19. The van der Waals surface area contributed by atoms with Gasteiger partial charge in [-0.05, 0) is 43.7 Å². The lowest BCUT2D eigenvalue weighted by molar-refractivity contribution is -0.121. The molecule has 2 aromatic carbocycles. The molecule has 0 N–H and O–H groups in total. The van der Waals surface area contributed by atoms with Crippen molar-refractivity contribution in [3.63, 3.8) is 0 Å². The van der Waals surface area contributed by atoms with Crippen molar-refractivity contribution >= 4 is 23.1 Å². The van der Waals surface area contributed by atoms with Crippen LogP contribution in [-0.2, 0) is 14.3 Å². The van der Waals surface area contributed by atoms with Crippen LogP contribution < -0.4 is 9.64 Å². The third kappa shape index (κ3) is 3.57. The number of benzene rings is 2. The summed E-state index contributed by atoms with van der Waals surface area (Å²) >= 11 is 0. The van der Waals surface area contributed by atoms with E-state index in [1.165, 1.54) is 31.4 Å². The first-order chi connectivity index (χ1) is 14.4. The average molecular weight is 410 g/mol. The number of hydrogen-bond acceptors (Lipinski definition) is 5. The Kier molecular flexibility index (Phi) is 5.30. The number of hydrogen-bond donors (Lipinski definition) is 0. The van der Waals surface area contributed by atoms with E-state index in [0.717, 1.165) is 4.90 Å². The molecule has 6 nitrogen and oxygen atoms in total. The molecule has 0 spiro atoms. The van der Waals surface area contributed by atoms with Crippen LogP contribution in [0.5, 0.6) is 5.75 Å². The quantitative estimate of drug-likeness (QED) is 0.725. The van der Waals surface area contributed by atoms with Crippen molar-refractivity contribution in [2.75, 3.05) is 25.1 Å². The molecule has 0 aliphatic carbocycles. The van der Waals surface area contributed by atoms with Crippen LogP contribution >= 0.6 is 0 Å². The predicted molar refractivity (Wildman–Crippen MR) is 110 cm³/mol. The Morgan fingerprint density at radius 2 is 1.67 bits per heavy atom. The summed E-state index contributed by atoms with van der Waals surface area (Å²) < 4.78 is 24.6. The van der Waals surface area contributed by atoms with Crippen molar-refractivity contribution in [2.45, 2.75) is 26.1 Å². The summed E-state index contributed by atoms with van der Waals surface area (Å²) in [5.74, 6) is -0.718. The van der Waals surface area contributed by atoms with Crippen LogP contribution in [0.2, 0.25) is 0 Å². The lowest BCUT2D eigenvalue weighted by atomic mass is 10.0. The van der Waals surface area contributed by atoms with Crippen LogP contribution in [0, 0.1) is 5.82 Å². The van der Waals surface area contributed by atoms with E-state index in [4.69, 9.17) is 9.47 Å². The van der Waals surface area contributed by atoms with Gasteiger partial charge in [0.05, 0.1) is 30.6 Å². The maximum atomic E-state index is 13.5. The Morgan fingerprint density at radius 1 is 1.00 bits per heavy atom. The molecule has 30 heavy (non-hydrogen) atoms. The fraction of sp³-hybridized carbons (Fsp3) is 0.304. The highest BCUT2D eigenvalue weighted by molar-refractivity contribution is 6.45. The zero-order chi connectivity index (χ0) is 21.4. The molecule has 2 heterocycles. The van der Waals surface area contributed by atoms with Gasteiger partial charge in [0, 0.05) is 19.2 Å². The molecule has 156 valence electrons. The first-order valence-corrected chi connectivity index (χ1v) is 9.82. The molecule has 1 fully saturated rings. The highest BCUT2D eigenvalue weighted by Crippen LogP contribution is 2.36. The molecule has 2 aromatic rings. The number of nitrogens with zero attached hydrogens (tertiary/aromatic N) is 2. The zero-order valence-corrected chi connectivity index (χ0v) is 17.1. The van der Waals surface area contributed by atoms with Gasteiger partial charge in [-0.15, -0.1) is 0 Å². The minimum absolute atomic E-state index is 0.0931. The molecule has 2 aliphatic rings.